The molecule has 1 heterocycles. The first-order valence-electron chi connectivity index (χ1n) is 8.48. The molecule has 0 amide bonds. The number of ether oxygens (including phenoxy) is 2. The predicted octanol–water partition coefficient (Wildman–Crippen LogP) is 3.41. The second-order valence-corrected chi connectivity index (χ2v) is 6.19. The maximum atomic E-state index is 5.92. The summed E-state index contributed by atoms with van der Waals surface area (Å²) < 4.78 is 11.8. The maximum absolute atomic E-state index is 5.92. The maximum Gasteiger partial charge on any atom is 0.169 e. The molecule has 1 fully saturated rings. The van der Waals surface area contributed by atoms with Crippen molar-refractivity contribution in [1.29, 1.82) is 0 Å². The zero-order valence-electron chi connectivity index (χ0n) is 13.8. The number of nitrogens with one attached hydrogen (secondary N) is 1. The normalized spacial score (nSPS) is 16.9. The second kappa shape index (κ2) is 7.93. The fourth-order valence-electron chi connectivity index (χ4n) is 2.91. The molecule has 0 aliphatic carbocycles. The van der Waals surface area contributed by atoms with Gasteiger partial charge in [0.05, 0.1) is 18.0 Å². The average Bonchev–Trinajstić information content (AvgIpc) is 3.10. The lowest BCUT2D eigenvalue weighted by atomic mass is 10.0. The van der Waals surface area contributed by atoms with E-state index >= 15 is 0 Å². The summed E-state index contributed by atoms with van der Waals surface area (Å²) in [5.74, 6) is 2.87. The van der Waals surface area contributed by atoms with Crippen LogP contribution in [0.4, 0.5) is 11.4 Å². The number of anilines is 2. The first-order chi connectivity index (χ1) is 11.7. The van der Waals surface area contributed by atoms with Crippen molar-refractivity contribution in [2.24, 2.45) is 5.92 Å². The van der Waals surface area contributed by atoms with Gasteiger partial charge < -0.3 is 26.3 Å². The Bertz CT molecular complexity index is 669. The van der Waals surface area contributed by atoms with Gasteiger partial charge in [0.2, 0.25) is 0 Å². The SMILES string of the molecule is Nc1ccc(Oc2ccccc2OCCCC2CCNC2)cc1N. The molecular formula is C19H25N3O2. The van der Waals surface area contributed by atoms with Crippen LogP contribution in [0.2, 0.25) is 0 Å². The van der Waals surface area contributed by atoms with Crippen molar-refractivity contribution in [3.8, 4) is 17.2 Å². The van der Waals surface area contributed by atoms with Crippen LogP contribution in [0.25, 0.3) is 0 Å². The van der Waals surface area contributed by atoms with E-state index < -0.39 is 0 Å². The highest BCUT2D eigenvalue weighted by atomic mass is 16.5. The Balaban J connectivity index is 1.56. The summed E-state index contributed by atoms with van der Waals surface area (Å²) in [5.41, 5.74) is 12.6. The summed E-state index contributed by atoms with van der Waals surface area (Å²) >= 11 is 0. The highest BCUT2D eigenvalue weighted by molar-refractivity contribution is 5.65. The van der Waals surface area contributed by atoms with Gasteiger partial charge in [-0.05, 0) is 62.5 Å². The Morgan fingerprint density at radius 1 is 1.04 bits per heavy atom. The molecule has 5 nitrogen and oxygen atoms in total. The highest BCUT2D eigenvalue weighted by Crippen LogP contribution is 2.33. The van der Waals surface area contributed by atoms with Gasteiger partial charge in [0.1, 0.15) is 5.75 Å². The lowest BCUT2D eigenvalue weighted by Gasteiger charge is -2.14. The number of nitrogens with two attached hydrogens (primary N) is 2. The van der Waals surface area contributed by atoms with Gasteiger partial charge in [-0.3, -0.25) is 0 Å². The van der Waals surface area contributed by atoms with Crippen molar-refractivity contribution in [2.45, 2.75) is 19.3 Å². The molecule has 1 aliphatic rings. The van der Waals surface area contributed by atoms with Crippen LogP contribution in [0.15, 0.2) is 42.5 Å². The highest BCUT2D eigenvalue weighted by Gasteiger charge is 2.14. The van der Waals surface area contributed by atoms with Crippen molar-refractivity contribution < 1.29 is 9.47 Å². The number of rotatable bonds is 7. The Labute approximate surface area is 142 Å². The monoisotopic (exact) mass is 327 g/mol. The number of nitrogen functional groups attached to an aromatic ring is 2. The molecule has 0 aromatic heterocycles. The third kappa shape index (κ3) is 4.32. The van der Waals surface area contributed by atoms with Gasteiger partial charge in [-0.2, -0.15) is 0 Å². The Kier molecular flexibility index (Phi) is 5.43. The van der Waals surface area contributed by atoms with Crippen LogP contribution in [0, 0.1) is 5.92 Å². The summed E-state index contributed by atoms with van der Waals surface area (Å²) in [5, 5.41) is 3.40. The molecule has 1 unspecified atom stereocenters. The van der Waals surface area contributed by atoms with Crippen LogP contribution in [0.3, 0.4) is 0 Å². The van der Waals surface area contributed by atoms with Crippen LogP contribution < -0.4 is 26.3 Å². The minimum Gasteiger partial charge on any atom is -0.490 e. The molecule has 128 valence electrons. The van der Waals surface area contributed by atoms with Crippen molar-refractivity contribution in [3.05, 3.63) is 42.5 Å². The van der Waals surface area contributed by atoms with Crippen LogP contribution in [-0.4, -0.2) is 19.7 Å². The molecule has 1 aliphatic heterocycles. The molecule has 5 N–H and O–H groups in total. The van der Waals surface area contributed by atoms with Gasteiger partial charge in [-0.1, -0.05) is 12.1 Å². The molecule has 3 rings (SSSR count). The van der Waals surface area contributed by atoms with Crippen molar-refractivity contribution >= 4 is 11.4 Å². The van der Waals surface area contributed by atoms with Crippen LogP contribution >= 0.6 is 0 Å². The second-order valence-electron chi connectivity index (χ2n) is 6.19. The molecule has 0 spiro atoms. The Morgan fingerprint density at radius 2 is 1.88 bits per heavy atom. The van der Waals surface area contributed by atoms with Crippen molar-refractivity contribution in [1.82, 2.24) is 5.32 Å². The van der Waals surface area contributed by atoms with E-state index in [2.05, 4.69) is 5.32 Å². The molecule has 0 bridgehead atoms. The van der Waals surface area contributed by atoms with E-state index in [9.17, 15) is 0 Å². The fourth-order valence-corrected chi connectivity index (χ4v) is 2.91. The van der Waals surface area contributed by atoms with Gasteiger partial charge in [-0.25, -0.2) is 0 Å². The van der Waals surface area contributed by atoms with E-state index in [-0.39, 0.29) is 0 Å². The smallest absolute Gasteiger partial charge is 0.169 e. The molecule has 1 saturated heterocycles. The van der Waals surface area contributed by atoms with Gasteiger partial charge >= 0.3 is 0 Å². The summed E-state index contributed by atoms with van der Waals surface area (Å²) in [7, 11) is 0. The summed E-state index contributed by atoms with van der Waals surface area (Å²) in [6.07, 6.45) is 3.53. The van der Waals surface area contributed by atoms with E-state index in [1.54, 1.807) is 18.2 Å². The van der Waals surface area contributed by atoms with E-state index in [1.165, 1.54) is 12.8 Å². The van der Waals surface area contributed by atoms with Crippen LogP contribution in [-0.2, 0) is 0 Å². The van der Waals surface area contributed by atoms with Crippen LogP contribution in [0.1, 0.15) is 19.3 Å². The Morgan fingerprint density at radius 3 is 2.62 bits per heavy atom. The van der Waals surface area contributed by atoms with E-state index in [4.69, 9.17) is 20.9 Å². The summed E-state index contributed by atoms with van der Waals surface area (Å²) in [6.45, 7) is 2.98. The zero-order valence-corrected chi connectivity index (χ0v) is 13.8. The van der Waals surface area contributed by atoms with Crippen molar-refractivity contribution in [3.63, 3.8) is 0 Å². The van der Waals surface area contributed by atoms with E-state index in [1.807, 2.05) is 24.3 Å². The standard InChI is InChI=1S/C19H25N3O2/c20-16-8-7-15(12-17(16)21)24-19-6-2-1-5-18(19)23-11-3-4-14-9-10-22-13-14/h1-2,5-8,12,14,22H,3-4,9-11,13,20-21H2. The van der Waals surface area contributed by atoms with E-state index in [0.29, 0.717) is 29.5 Å². The molecule has 24 heavy (non-hydrogen) atoms. The minimum atomic E-state index is 0.510. The fraction of sp³-hybridized carbons (Fsp3) is 0.368. The third-order valence-corrected chi connectivity index (χ3v) is 4.31. The number of benzene rings is 2. The van der Waals surface area contributed by atoms with Gasteiger partial charge in [0, 0.05) is 6.07 Å². The van der Waals surface area contributed by atoms with Gasteiger partial charge in [0.15, 0.2) is 11.5 Å². The first-order valence-corrected chi connectivity index (χ1v) is 8.48. The predicted molar refractivity (Wildman–Crippen MR) is 97.5 cm³/mol. The summed E-state index contributed by atoms with van der Waals surface area (Å²) in [6, 6.07) is 12.9. The quantitative estimate of drug-likeness (QED) is 0.536. The largest absolute Gasteiger partial charge is 0.490 e. The summed E-state index contributed by atoms with van der Waals surface area (Å²) in [4.78, 5) is 0. The van der Waals surface area contributed by atoms with Gasteiger partial charge in [0.25, 0.3) is 0 Å². The zero-order chi connectivity index (χ0) is 16.8. The molecule has 5 heteroatoms. The first kappa shape index (κ1) is 16.5. The van der Waals surface area contributed by atoms with Crippen molar-refractivity contribution in [2.75, 3.05) is 31.2 Å². The number of hydrogen-bond donors (Lipinski definition) is 3. The molecule has 0 saturated carbocycles. The molecule has 0 radical (unpaired) electrons. The number of para-hydroxylation sites is 2. The average molecular weight is 327 g/mol. The Hall–Kier alpha value is -2.40. The molecule has 1 atom stereocenters. The lowest BCUT2D eigenvalue weighted by molar-refractivity contribution is 0.283. The van der Waals surface area contributed by atoms with E-state index in [0.717, 1.165) is 31.2 Å². The molecule has 2 aromatic carbocycles. The molecule has 2 aromatic rings. The minimum absolute atomic E-state index is 0.510. The third-order valence-electron chi connectivity index (χ3n) is 4.31. The lowest BCUT2D eigenvalue weighted by Crippen LogP contribution is -2.10. The molecular weight excluding hydrogens is 302 g/mol. The van der Waals surface area contributed by atoms with Gasteiger partial charge in [-0.15, -0.1) is 0 Å². The topological polar surface area (TPSA) is 82.5 Å². The number of hydrogen-bond acceptors (Lipinski definition) is 5. The van der Waals surface area contributed by atoms with Crippen LogP contribution in [0.5, 0.6) is 17.2 Å².